The van der Waals surface area contributed by atoms with Crippen LogP contribution in [-0.4, -0.2) is 13.1 Å². The van der Waals surface area contributed by atoms with Gasteiger partial charge in [-0.2, -0.15) is 0 Å². The summed E-state index contributed by atoms with van der Waals surface area (Å²) in [6, 6.07) is 1.93. The first kappa shape index (κ1) is 12.4. The molecular formula is C10H15NO2S2. The van der Waals surface area contributed by atoms with Crippen molar-refractivity contribution in [3.8, 4) is 0 Å². The normalized spacial score (nSPS) is 11.3. The number of esters is 1. The number of carbonyl (C=O) groups is 1. The quantitative estimate of drug-likeness (QED) is 0.621. The van der Waals surface area contributed by atoms with Crippen LogP contribution in [-0.2, 0) is 10.2 Å². The lowest BCUT2D eigenvalue weighted by Gasteiger charge is -2.15. The molecule has 1 rings (SSSR count). The van der Waals surface area contributed by atoms with Crippen LogP contribution in [0, 0.1) is 0 Å². The highest BCUT2D eigenvalue weighted by atomic mass is 32.1. The van der Waals surface area contributed by atoms with E-state index in [1.165, 1.54) is 18.4 Å². The van der Waals surface area contributed by atoms with E-state index in [1.807, 2.05) is 6.07 Å². The molecule has 1 N–H and O–H groups in total. The molecule has 0 aliphatic heterocycles. The second kappa shape index (κ2) is 4.45. The molecular weight excluding hydrogens is 230 g/mol. The Morgan fingerprint density at radius 3 is 2.53 bits per heavy atom. The molecule has 84 valence electrons. The summed E-state index contributed by atoms with van der Waals surface area (Å²) < 4.78 is 7.41. The summed E-state index contributed by atoms with van der Waals surface area (Å²) in [6.07, 6.45) is 0. The van der Waals surface area contributed by atoms with Crippen LogP contribution in [0.4, 0.5) is 5.69 Å². The highest BCUT2D eigenvalue weighted by molar-refractivity contribution is 7.81. The Morgan fingerprint density at radius 2 is 2.13 bits per heavy atom. The second-order valence-electron chi connectivity index (χ2n) is 4.21. The van der Waals surface area contributed by atoms with Crippen molar-refractivity contribution >= 4 is 35.8 Å². The van der Waals surface area contributed by atoms with Crippen molar-refractivity contribution in [2.75, 3.05) is 11.8 Å². The number of nitrogens with one attached hydrogen (secondary N) is 1. The van der Waals surface area contributed by atoms with E-state index in [0.29, 0.717) is 10.6 Å². The van der Waals surface area contributed by atoms with Gasteiger partial charge in [0.1, 0.15) is 4.88 Å². The van der Waals surface area contributed by atoms with E-state index in [1.54, 1.807) is 0 Å². The summed E-state index contributed by atoms with van der Waals surface area (Å²) in [4.78, 5) is 13.1. The van der Waals surface area contributed by atoms with Crippen molar-refractivity contribution < 1.29 is 9.53 Å². The van der Waals surface area contributed by atoms with Crippen LogP contribution >= 0.6 is 24.2 Å². The van der Waals surface area contributed by atoms with Crippen LogP contribution in [0.3, 0.4) is 0 Å². The van der Waals surface area contributed by atoms with Gasteiger partial charge in [0.2, 0.25) is 0 Å². The smallest absolute Gasteiger partial charge is 0.350 e. The average molecular weight is 245 g/mol. The molecule has 1 aromatic heterocycles. The number of anilines is 1. The van der Waals surface area contributed by atoms with Crippen molar-refractivity contribution in [3.05, 3.63) is 15.8 Å². The lowest BCUT2D eigenvalue weighted by Crippen LogP contribution is -2.08. The van der Waals surface area contributed by atoms with Crippen molar-refractivity contribution in [2.24, 2.45) is 0 Å². The summed E-state index contributed by atoms with van der Waals surface area (Å²) in [7, 11) is 1.38. The predicted octanol–water partition coefficient (Wildman–Crippen LogP) is 3.09. The molecule has 0 aromatic carbocycles. The van der Waals surface area contributed by atoms with Crippen molar-refractivity contribution in [1.29, 1.82) is 0 Å². The molecule has 0 fully saturated rings. The first-order chi connectivity index (χ1) is 6.90. The highest BCUT2D eigenvalue weighted by Gasteiger charge is 2.22. The zero-order valence-electron chi connectivity index (χ0n) is 9.25. The Kier molecular flexibility index (Phi) is 3.67. The van der Waals surface area contributed by atoms with Crippen molar-refractivity contribution in [1.82, 2.24) is 0 Å². The third-order valence-electron chi connectivity index (χ3n) is 1.96. The topological polar surface area (TPSA) is 38.3 Å². The Bertz CT molecular complexity index is 366. The highest BCUT2D eigenvalue weighted by Crippen LogP contribution is 2.35. The molecule has 5 heteroatoms. The molecule has 0 aliphatic carbocycles. The van der Waals surface area contributed by atoms with E-state index in [2.05, 4.69) is 38.3 Å². The molecule has 0 aliphatic rings. The Labute approximate surface area is 99.4 Å². The molecule has 0 unspecified atom stereocenters. The van der Waals surface area contributed by atoms with Gasteiger partial charge in [-0.15, -0.1) is 11.3 Å². The molecule has 0 amide bonds. The molecule has 1 heterocycles. The van der Waals surface area contributed by atoms with Gasteiger partial charge in [0.25, 0.3) is 0 Å². The second-order valence-corrected chi connectivity index (χ2v) is 5.48. The van der Waals surface area contributed by atoms with Gasteiger partial charge in [-0.1, -0.05) is 33.6 Å². The Morgan fingerprint density at radius 1 is 1.53 bits per heavy atom. The standard InChI is InChI=1S/C10H15NO2S2/c1-10(2,3)7-5-6(11-14)8(15-7)9(12)13-4/h5,11,14H,1-4H3. The molecule has 0 spiro atoms. The summed E-state index contributed by atoms with van der Waals surface area (Å²) >= 11 is 5.41. The number of hydrogen-bond donors (Lipinski definition) is 2. The number of hydrogen-bond acceptors (Lipinski definition) is 5. The van der Waals surface area contributed by atoms with Crippen LogP contribution in [0.2, 0.25) is 0 Å². The van der Waals surface area contributed by atoms with Gasteiger partial charge in [-0.05, 0) is 11.5 Å². The minimum Gasteiger partial charge on any atom is -0.465 e. The minimum absolute atomic E-state index is 0.0241. The van der Waals surface area contributed by atoms with Gasteiger partial charge in [-0.25, -0.2) is 4.79 Å². The predicted molar refractivity (Wildman–Crippen MR) is 67.0 cm³/mol. The SMILES string of the molecule is COC(=O)c1sc(C(C)(C)C)cc1NS. The average Bonchev–Trinajstić information content (AvgIpc) is 2.59. The number of ether oxygens (including phenoxy) is 1. The van der Waals surface area contributed by atoms with Crippen molar-refractivity contribution in [3.63, 3.8) is 0 Å². The van der Waals surface area contributed by atoms with E-state index in [9.17, 15) is 4.79 Å². The first-order valence-electron chi connectivity index (χ1n) is 4.53. The molecule has 0 bridgehead atoms. The molecule has 0 atom stereocenters. The fourth-order valence-electron chi connectivity index (χ4n) is 1.09. The maximum absolute atomic E-state index is 11.4. The monoisotopic (exact) mass is 245 g/mol. The fraction of sp³-hybridized carbons (Fsp3) is 0.500. The first-order valence-corrected chi connectivity index (χ1v) is 5.79. The maximum Gasteiger partial charge on any atom is 0.350 e. The lowest BCUT2D eigenvalue weighted by atomic mass is 9.95. The third-order valence-corrected chi connectivity index (χ3v) is 3.74. The Hall–Kier alpha value is -0.680. The largest absolute Gasteiger partial charge is 0.465 e. The van der Waals surface area contributed by atoms with Crippen LogP contribution in [0.15, 0.2) is 6.07 Å². The van der Waals surface area contributed by atoms with Crippen LogP contribution in [0.5, 0.6) is 0 Å². The Balaban J connectivity index is 3.17. The molecule has 0 radical (unpaired) electrons. The van der Waals surface area contributed by atoms with Crippen LogP contribution in [0.1, 0.15) is 35.3 Å². The molecule has 3 nitrogen and oxygen atoms in total. The lowest BCUT2D eigenvalue weighted by molar-refractivity contribution is 0.0607. The van der Waals surface area contributed by atoms with E-state index in [-0.39, 0.29) is 11.4 Å². The molecule has 15 heavy (non-hydrogen) atoms. The number of carbonyl (C=O) groups excluding carboxylic acids is 1. The van der Waals surface area contributed by atoms with Gasteiger partial charge < -0.3 is 9.46 Å². The van der Waals surface area contributed by atoms with E-state index in [4.69, 9.17) is 4.74 Å². The summed E-state index contributed by atoms with van der Waals surface area (Å²) in [5, 5.41) is 0. The zero-order chi connectivity index (χ0) is 11.6. The van der Waals surface area contributed by atoms with Gasteiger partial charge in [0.15, 0.2) is 0 Å². The minimum atomic E-state index is -0.327. The fourth-order valence-corrected chi connectivity index (χ4v) is 2.43. The summed E-state index contributed by atoms with van der Waals surface area (Å²) in [5.41, 5.74) is 0.733. The van der Waals surface area contributed by atoms with Gasteiger partial charge in [0, 0.05) is 4.88 Å². The van der Waals surface area contributed by atoms with Gasteiger partial charge in [0.05, 0.1) is 12.8 Å². The van der Waals surface area contributed by atoms with Gasteiger partial charge in [-0.3, -0.25) is 0 Å². The number of methoxy groups -OCH3 is 1. The summed E-state index contributed by atoms with van der Waals surface area (Å²) in [6.45, 7) is 6.30. The van der Waals surface area contributed by atoms with E-state index in [0.717, 1.165) is 4.88 Å². The third kappa shape index (κ3) is 2.66. The molecule has 1 aromatic rings. The van der Waals surface area contributed by atoms with Crippen molar-refractivity contribution in [2.45, 2.75) is 26.2 Å². The van der Waals surface area contributed by atoms with Crippen LogP contribution < -0.4 is 4.72 Å². The van der Waals surface area contributed by atoms with Gasteiger partial charge >= 0.3 is 5.97 Å². The molecule has 0 saturated heterocycles. The van der Waals surface area contributed by atoms with E-state index < -0.39 is 0 Å². The number of thiophene rings is 1. The number of thiol groups is 1. The van der Waals surface area contributed by atoms with Crippen LogP contribution in [0.25, 0.3) is 0 Å². The zero-order valence-corrected chi connectivity index (χ0v) is 11.0. The number of rotatable bonds is 2. The summed E-state index contributed by atoms with van der Waals surface area (Å²) in [5.74, 6) is -0.327. The van der Waals surface area contributed by atoms with E-state index >= 15 is 0 Å². The maximum atomic E-state index is 11.4. The molecule has 0 saturated carbocycles.